The zero-order valence-electron chi connectivity index (χ0n) is 4.72. The van der Waals surface area contributed by atoms with Crippen molar-refractivity contribution in [1.29, 1.82) is 0 Å². The number of primary amides is 1. The molecule has 0 unspecified atom stereocenters. The van der Waals surface area contributed by atoms with E-state index in [1.807, 2.05) is 0 Å². The van der Waals surface area contributed by atoms with Crippen LogP contribution in [-0.4, -0.2) is 23.8 Å². The standard InChI is InChI=1S/C4H10N2O2/c1-3(7)2-6-4(5)8/h3,7H,2H2,1H3,(H3,5,6,8)/t3-/m0/s1. The molecular formula is C4H10N2O2. The highest BCUT2D eigenvalue weighted by molar-refractivity contribution is 5.71. The van der Waals surface area contributed by atoms with Gasteiger partial charge in [-0.3, -0.25) is 0 Å². The molecule has 2 amide bonds. The van der Waals surface area contributed by atoms with Gasteiger partial charge >= 0.3 is 6.03 Å². The number of hydrogen-bond acceptors (Lipinski definition) is 2. The van der Waals surface area contributed by atoms with Gasteiger partial charge in [-0.25, -0.2) is 4.79 Å². The van der Waals surface area contributed by atoms with Gasteiger partial charge in [0.25, 0.3) is 0 Å². The summed E-state index contributed by atoms with van der Waals surface area (Å²) in [6.45, 7) is 1.78. The van der Waals surface area contributed by atoms with Gasteiger partial charge in [-0.1, -0.05) is 0 Å². The lowest BCUT2D eigenvalue weighted by Gasteiger charge is -2.01. The fourth-order valence-electron chi connectivity index (χ4n) is 0.248. The van der Waals surface area contributed by atoms with Crippen LogP contribution in [0.5, 0.6) is 0 Å². The molecule has 0 fully saturated rings. The van der Waals surface area contributed by atoms with Gasteiger partial charge in [0.05, 0.1) is 6.10 Å². The van der Waals surface area contributed by atoms with Crippen molar-refractivity contribution < 1.29 is 9.90 Å². The predicted molar refractivity (Wildman–Crippen MR) is 29.3 cm³/mol. The van der Waals surface area contributed by atoms with E-state index >= 15 is 0 Å². The number of aliphatic hydroxyl groups excluding tert-OH is 1. The van der Waals surface area contributed by atoms with Crippen LogP contribution in [0.25, 0.3) is 0 Å². The summed E-state index contributed by atoms with van der Waals surface area (Å²) in [5.74, 6) is 0. The molecule has 0 heterocycles. The van der Waals surface area contributed by atoms with Crippen LogP contribution in [0, 0.1) is 0 Å². The summed E-state index contributed by atoms with van der Waals surface area (Å²) in [6.07, 6.45) is -0.525. The molecule has 0 saturated heterocycles. The van der Waals surface area contributed by atoms with Gasteiger partial charge in [0, 0.05) is 6.54 Å². The van der Waals surface area contributed by atoms with Crippen LogP contribution >= 0.6 is 0 Å². The van der Waals surface area contributed by atoms with Crippen LogP contribution in [0.3, 0.4) is 0 Å². The lowest BCUT2D eigenvalue weighted by molar-refractivity contribution is 0.189. The number of hydrogen-bond donors (Lipinski definition) is 3. The Bertz CT molecular complexity index is 82.1. The Hall–Kier alpha value is -0.770. The van der Waals surface area contributed by atoms with Crippen LogP contribution in [0.2, 0.25) is 0 Å². The van der Waals surface area contributed by atoms with E-state index in [-0.39, 0.29) is 6.54 Å². The Labute approximate surface area is 47.7 Å². The number of carbonyl (C=O) groups is 1. The Morgan fingerprint density at radius 1 is 2.00 bits per heavy atom. The van der Waals surface area contributed by atoms with Crippen molar-refractivity contribution in [3.05, 3.63) is 0 Å². The molecule has 4 nitrogen and oxygen atoms in total. The van der Waals surface area contributed by atoms with Gasteiger partial charge in [0.15, 0.2) is 0 Å². The monoisotopic (exact) mass is 118 g/mol. The molecule has 0 spiro atoms. The normalized spacial score (nSPS) is 12.8. The third-order valence-corrected chi connectivity index (χ3v) is 0.572. The number of rotatable bonds is 2. The smallest absolute Gasteiger partial charge is 0.312 e. The van der Waals surface area contributed by atoms with E-state index in [9.17, 15) is 4.79 Å². The Balaban J connectivity index is 3.05. The number of urea groups is 1. The quantitative estimate of drug-likeness (QED) is 0.436. The molecule has 4 heteroatoms. The van der Waals surface area contributed by atoms with Crippen molar-refractivity contribution in [3.8, 4) is 0 Å². The minimum absolute atomic E-state index is 0.218. The van der Waals surface area contributed by atoms with Gasteiger partial charge in [0.1, 0.15) is 0 Å². The highest BCUT2D eigenvalue weighted by atomic mass is 16.3. The summed E-state index contributed by atoms with van der Waals surface area (Å²) in [5, 5.41) is 10.8. The SMILES string of the molecule is C[C@H](O)CNC(N)=O. The highest BCUT2D eigenvalue weighted by Gasteiger charge is 1.94. The predicted octanol–water partition coefficient (Wildman–Crippen LogP) is -0.965. The Kier molecular flexibility index (Phi) is 2.95. The molecule has 1 atom stereocenters. The second-order valence-corrected chi connectivity index (χ2v) is 1.59. The average Bonchev–Trinajstić information content (AvgIpc) is 1.61. The third kappa shape index (κ3) is 5.23. The molecule has 48 valence electrons. The second-order valence-electron chi connectivity index (χ2n) is 1.59. The maximum atomic E-state index is 9.90. The van der Waals surface area contributed by atoms with E-state index in [4.69, 9.17) is 5.11 Å². The fraction of sp³-hybridized carbons (Fsp3) is 0.750. The number of carbonyl (C=O) groups excluding carboxylic acids is 1. The summed E-state index contributed by atoms with van der Waals surface area (Å²) in [5.41, 5.74) is 4.68. The first kappa shape index (κ1) is 7.23. The molecule has 8 heavy (non-hydrogen) atoms. The number of amides is 2. The Morgan fingerprint density at radius 2 is 2.50 bits per heavy atom. The molecule has 0 aromatic heterocycles. The van der Waals surface area contributed by atoms with Crippen molar-refractivity contribution in [2.75, 3.05) is 6.54 Å². The summed E-state index contributed by atoms with van der Waals surface area (Å²) < 4.78 is 0. The van der Waals surface area contributed by atoms with Crippen LogP contribution < -0.4 is 11.1 Å². The lowest BCUT2D eigenvalue weighted by Crippen LogP contribution is -2.34. The maximum Gasteiger partial charge on any atom is 0.312 e. The van der Waals surface area contributed by atoms with E-state index in [2.05, 4.69) is 11.1 Å². The minimum atomic E-state index is -0.606. The molecule has 0 aromatic rings. The Morgan fingerprint density at radius 3 is 2.62 bits per heavy atom. The zero-order valence-corrected chi connectivity index (χ0v) is 4.72. The summed E-state index contributed by atoms with van der Waals surface area (Å²) >= 11 is 0. The first-order valence-electron chi connectivity index (χ1n) is 2.34. The summed E-state index contributed by atoms with van der Waals surface area (Å²) in [4.78, 5) is 9.90. The maximum absolute atomic E-state index is 9.90. The van der Waals surface area contributed by atoms with E-state index in [0.717, 1.165) is 0 Å². The minimum Gasteiger partial charge on any atom is -0.392 e. The molecule has 0 aliphatic heterocycles. The van der Waals surface area contributed by atoms with Crippen molar-refractivity contribution in [1.82, 2.24) is 5.32 Å². The topological polar surface area (TPSA) is 75.3 Å². The molecule has 0 aromatic carbocycles. The second kappa shape index (κ2) is 3.26. The van der Waals surface area contributed by atoms with Gasteiger partial charge in [-0.05, 0) is 6.92 Å². The fourth-order valence-corrected chi connectivity index (χ4v) is 0.248. The number of nitrogens with one attached hydrogen (secondary N) is 1. The van der Waals surface area contributed by atoms with E-state index in [1.165, 1.54) is 0 Å². The summed E-state index contributed by atoms with van der Waals surface area (Å²) in [7, 11) is 0. The van der Waals surface area contributed by atoms with E-state index in [1.54, 1.807) is 6.92 Å². The first-order valence-corrected chi connectivity index (χ1v) is 2.34. The van der Waals surface area contributed by atoms with Gasteiger partial charge in [-0.15, -0.1) is 0 Å². The number of nitrogens with two attached hydrogens (primary N) is 1. The van der Waals surface area contributed by atoms with Crippen molar-refractivity contribution in [3.63, 3.8) is 0 Å². The molecule has 0 bridgehead atoms. The molecule has 0 aliphatic carbocycles. The van der Waals surface area contributed by atoms with Crippen molar-refractivity contribution in [2.24, 2.45) is 5.73 Å². The van der Waals surface area contributed by atoms with Crippen LogP contribution in [0.4, 0.5) is 4.79 Å². The van der Waals surface area contributed by atoms with Gasteiger partial charge < -0.3 is 16.2 Å². The van der Waals surface area contributed by atoms with E-state index in [0.29, 0.717) is 0 Å². The molecule has 0 radical (unpaired) electrons. The van der Waals surface area contributed by atoms with Crippen LogP contribution in [0.15, 0.2) is 0 Å². The molecule has 4 N–H and O–H groups in total. The first-order chi connectivity index (χ1) is 3.63. The van der Waals surface area contributed by atoms with Crippen LogP contribution in [-0.2, 0) is 0 Å². The third-order valence-electron chi connectivity index (χ3n) is 0.572. The van der Waals surface area contributed by atoms with Crippen LogP contribution in [0.1, 0.15) is 6.92 Å². The molecule has 0 saturated carbocycles. The molecule has 0 rings (SSSR count). The lowest BCUT2D eigenvalue weighted by atomic mass is 10.4. The summed E-state index contributed by atoms with van der Waals surface area (Å²) in [6, 6.07) is -0.606. The molecular weight excluding hydrogens is 108 g/mol. The average molecular weight is 118 g/mol. The largest absolute Gasteiger partial charge is 0.392 e. The van der Waals surface area contributed by atoms with E-state index < -0.39 is 12.1 Å². The van der Waals surface area contributed by atoms with Gasteiger partial charge in [-0.2, -0.15) is 0 Å². The molecule has 0 aliphatic rings. The highest BCUT2D eigenvalue weighted by Crippen LogP contribution is 1.71. The van der Waals surface area contributed by atoms with Crippen molar-refractivity contribution in [2.45, 2.75) is 13.0 Å². The van der Waals surface area contributed by atoms with Crippen molar-refractivity contribution >= 4 is 6.03 Å². The number of aliphatic hydroxyl groups is 1. The zero-order chi connectivity index (χ0) is 6.57. The van der Waals surface area contributed by atoms with Gasteiger partial charge in [0.2, 0.25) is 0 Å².